The number of nitrogens with zero attached hydrogens (tertiary/aromatic N) is 1. The number of likely N-dealkylation sites (N-methyl/N-ethyl adjacent to an activating group) is 1. The molecule has 6 nitrogen and oxygen atoms in total. The molecule has 0 saturated heterocycles. The van der Waals surface area contributed by atoms with Crippen molar-refractivity contribution in [2.75, 3.05) is 33.0 Å². The summed E-state index contributed by atoms with van der Waals surface area (Å²) in [5, 5.41) is 14.6. The number of carboxylic acids is 1. The quantitative estimate of drug-likeness (QED) is 0.347. The Morgan fingerprint density at radius 3 is 2.18 bits per heavy atom. The number of amides is 2. The molecular formula is C22H38N3O3+. The van der Waals surface area contributed by atoms with Crippen LogP contribution in [0.5, 0.6) is 0 Å². The summed E-state index contributed by atoms with van der Waals surface area (Å²) in [4.78, 5) is 23.3. The highest BCUT2D eigenvalue weighted by Crippen LogP contribution is 2.13. The van der Waals surface area contributed by atoms with Gasteiger partial charge in [-0.2, -0.15) is 0 Å². The van der Waals surface area contributed by atoms with E-state index in [4.69, 9.17) is 5.11 Å². The number of carbonyl (C=O) groups is 2. The lowest BCUT2D eigenvalue weighted by molar-refractivity contribution is -0.871. The number of hydrogen-bond acceptors (Lipinski definition) is 2. The highest BCUT2D eigenvalue weighted by molar-refractivity contribution is 5.89. The molecule has 0 heterocycles. The lowest BCUT2D eigenvalue weighted by Crippen LogP contribution is -2.50. The summed E-state index contributed by atoms with van der Waals surface area (Å²) in [6, 6.07) is 7.09. The number of carbonyl (C=O) groups excluding carboxylic acids is 1. The minimum Gasteiger partial charge on any atom is -0.481 e. The van der Waals surface area contributed by atoms with Crippen molar-refractivity contribution in [3.05, 3.63) is 29.8 Å². The first-order valence-corrected chi connectivity index (χ1v) is 10.4. The van der Waals surface area contributed by atoms with Gasteiger partial charge in [0.05, 0.1) is 40.2 Å². The number of anilines is 1. The van der Waals surface area contributed by atoms with E-state index >= 15 is 0 Å². The zero-order valence-corrected chi connectivity index (χ0v) is 18.0. The molecule has 1 atom stereocenters. The number of quaternary nitrogens is 1. The minimum atomic E-state index is -0.919. The van der Waals surface area contributed by atoms with E-state index in [1.54, 1.807) is 0 Å². The molecule has 1 aromatic rings. The van der Waals surface area contributed by atoms with E-state index in [0.29, 0.717) is 16.7 Å². The van der Waals surface area contributed by atoms with Crippen molar-refractivity contribution < 1.29 is 19.2 Å². The van der Waals surface area contributed by atoms with Crippen LogP contribution < -0.4 is 10.6 Å². The molecule has 28 heavy (non-hydrogen) atoms. The van der Waals surface area contributed by atoms with E-state index in [2.05, 4.69) is 17.6 Å². The third kappa shape index (κ3) is 11.6. The highest BCUT2D eigenvalue weighted by Gasteiger charge is 2.22. The number of nitrogens with one attached hydrogen (secondary N) is 2. The summed E-state index contributed by atoms with van der Waals surface area (Å²) < 4.78 is 0.575. The number of hydrogen-bond donors (Lipinski definition) is 3. The smallest absolute Gasteiger partial charge is 0.319 e. The van der Waals surface area contributed by atoms with Gasteiger partial charge in [0.2, 0.25) is 0 Å². The van der Waals surface area contributed by atoms with Crippen LogP contribution in [0.25, 0.3) is 0 Å². The van der Waals surface area contributed by atoms with Crippen molar-refractivity contribution in [3.8, 4) is 0 Å². The van der Waals surface area contributed by atoms with Crippen LogP contribution in [0.1, 0.15) is 57.4 Å². The van der Waals surface area contributed by atoms with Gasteiger partial charge in [0.15, 0.2) is 0 Å². The van der Waals surface area contributed by atoms with Crippen LogP contribution in [0.2, 0.25) is 0 Å². The van der Waals surface area contributed by atoms with Crippen molar-refractivity contribution >= 4 is 17.7 Å². The first-order valence-electron chi connectivity index (χ1n) is 10.4. The Labute approximate surface area is 169 Å². The average molecular weight is 393 g/mol. The van der Waals surface area contributed by atoms with Crippen LogP contribution in [0.15, 0.2) is 24.3 Å². The second-order valence-corrected chi connectivity index (χ2v) is 8.58. The molecule has 0 aliphatic carbocycles. The standard InChI is InChI=1S/C22H37N3O3/c1-5-6-7-8-9-10-11-18-12-14-19(15-13-18)23-22(28)24-20(16-21(26)27)17-25(2,3)4/h12-15,20H,5-11,16-17H2,1-4H3,(H2-,23,24,26,27,28)/p+1. The fraction of sp³-hybridized carbons (Fsp3) is 0.636. The first kappa shape index (κ1) is 24.0. The molecular weight excluding hydrogens is 354 g/mol. The molecule has 1 aromatic carbocycles. The Morgan fingerprint density at radius 2 is 1.61 bits per heavy atom. The van der Waals surface area contributed by atoms with Crippen molar-refractivity contribution in [2.45, 2.75) is 64.3 Å². The molecule has 1 unspecified atom stereocenters. The van der Waals surface area contributed by atoms with Gasteiger partial charge in [0.1, 0.15) is 0 Å². The van der Waals surface area contributed by atoms with Crippen LogP contribution in [0.3, 0.4) is 0 Å². The van der Waals surface area contributed by atoms with Gasteiger partial charge in [-0.15, -0.1) is 0 Å². The Balaban J connectivity index is 2.44. The van der Waals surface area contributed by atoms with Crippen molar-refractivity contribution in [3.63, 3.8) is 0 Å². The third-order valence-corrected chi connectivity index (χ3v) is 4.56. The predicted octanol–water partition coefficient (Wildman–Crippen LogP) is 4.26. The first-order chi connectivity index (χ1) is 13.2. The molecule has 0 spiro atoms. The second kappa shape index (κ2) is 12.4. The highest BCUT2D eigenvalue weighted by atomic mass is 16.4. The number of urea groups is 1. The Hall–Kier alpha value is -2.08. The fourth-order valence-electron chi connectivity index (χ4n) is 3.25. The van der Waals surface area contributed by atoms with Crippen LogP contribution in [-0.4, -0.2) is 55.3 Å². The molecule has 0 saturated carbocycles. The maximum Gasteiger partial charge on any atom is 0.319 e. The molecule has 0 fully saturated rings. The molecule has 0 aromatic heterocycles. The van der Waals surface area contributed by atoms with Gasteiger partial charge in [-0.1, -0.05) is 51.2 Å². The van der Waals surface area contributed by atoms with E-state index in [1.165, 1.54) is 44.1 Å². The molecule has 2 amide bonds. The Kier molecular flexibility index (Phi) is 10.6. The molecule has 6 heteroatoms. The summed E-state index contributed by atoms with van der Waals surface area (Å²) in [5.74, 6) is -0.919. The summed E-state index contributed by atoms with van der Waals surface area (Å²) >= 11 is 0. The topological polar surface area (TPSA) is 78.4 Å². The number of aryl methyl sites for hydroxylation is 1. The lowest BCUT2D eigenvalue weighted by Gasteiger charge is -2.29. The second-order valence-electron chi connectivity index (χ2n) is 8.58. The minimum absolute atomic E-state index is 0.0971. The van der Waals surface area contributed by atoms with Gasteiger partial charge in [-0.25, -0.2) is 4.79 Å². The summed E-state index contributed by atoms with van der Waals surface area (Å²) in [6.45, 7) is 2.77. The zero-order valence-electron chi connectivity index (χ0n) is 18.0. The maximum absolute atomic E-state index is 12.3. The SMILES string of the molecule is CCCCCCCCc1ccc(NC(=O)NC(CC(=O)O)C[N+](C)(C)C)cc1. The number of rotatable bonds is 13. The Morgan fingerprint density at radius 1 is 1.00 bits per heavy atom. The maximum atomic E-state index is 12.3. The molecule has 0 aliphatic rings. The van der Waals surface area contributed by atoms with Gasteiger partial charge in [-0.3, -0.25) is 4.79 Å². The lowest BCUT2D eigenvalue weighted by atomic mass is 10.0. The third-order valence-electron chi connectivity index (χ3n) is 4.56. The van der Waals surface area contributed by atoms with Crippen LogP contribution >= 0.6 is 0 Å². The van der Waals surface area contributed by atoms with Crippen molar-refractivity contribution in [2.24, 2.45) is 0 Å². The Bertz CT molecular complexity index is 594. The zero-order chi connectivity index (χ0) is 21.0. The van der Waals surface area contributed by atoms with E-state index < -0.39 is 12.0 Å². The van der Waals surface area contributed by atoms with Crippen LogP contribution in [0, 0.1) is 0 Å². The molecule has 0 bridgehead atoms. The number of benzene rings is 1. The number of aliphatic carboxylic acids is 1. The van der Waals surface area contributed by atoms with Crippen molar-refractivity contribution in [1.82, 2.24) is 5.32 Å². The van der Waals surface area contributed by atoms with Gasteiger partial charge < -0.3 is 20.2 Å². The summed E-state index contributed by atoms with van der Waals surface area (Å²) in [7, 11) is 5.91. The fourth-order valence-corrected chi connectivity index (χ4v) is 3.25. The largest absolute Gasteiger partial charge is 0.481 e. The monoisotopic (exact) mass is 392 g/mol. The van der Waals surface area contributed by atoms with Crippen LogP contribution in [-0.2, 0) is 11.2 Å². The molecule has 0 radical (unpaired) electrons. The summed E-state index contributed by atoms with van der Waals surface area (Å²) in [5.41, 5.74) is 1.98. The van der Waals surface area contributed by atoms with E-state index in [0.717, 1.165) is 6.42 Å². The predicted molar refractivity (Wildman–Crippen MR) is 115 cm³/mol. The van der Waals surface area contributed by atoms with Gasteiger partial charge >= 0.3 is 12.0 Å². The van der Waals surface area contributed by atoms with Gasteiger partial charge in [0.25, 0.3) is 0 Å². The van der Waals surface area contributed by atoms with E-state index in [1.807, 2.05) is 45.4 Å². The molecule has 0 aliphatic heterocycles. The molecule has 1 rings (SSSR count). The molecule has 158 valence electrons. The van der Waals surface area contributed by atoms with Crippen molar-refractivity contribution in [1.29, 1.82) is 0 Å². The normalized spacial score (nSPS) is 12.4. The number of unbranched alkanes of at least 4 members (excludes halogenated alkanes) is 5. The van der Waals surface area contributed by atoms with E-state index in [9.17, 15) is 9.59 Å². The number of carboxylic acid groups (broad SMARTS) is 1. The van der Waals surface area contributed by atoms with Crippen LogP contribution in [0.4, 0.5) is 10.5 Å². The average Bonchev–Trinajstić information content (AvgIpc) is 2.57. The van der Waals surface area contributed by atoms with E-state index in [-0.39, 0.29) is 12.5 Å². The van der Waals surface area contributed by atoms with Gasteiger partial charge in [0, 0.05) is 5.69 Å². The van der Waals surface area contributed by atoms with Gasteiger partial charge in [-0.05, 0) is 30.5 Å². The summed E-state index contributed by atoms with van der Waals surface area (Å²) in [6.07, 6.45) is 8.64. The molecule has 3 N–H and O–H groups in total.